The van der Waals surface area contributed by atoms with Gasteiger partial charge >= 0.3 is 0 Å². The normalized spacial score (nSPS) is 11.0. The Kier molecular flexibility index (Phi) is 6.49. The van der Waals surface area contributed by atoms with E-state index in [1.54, 1.807) is 42.5 Å². The van der Waals surface area contributed by atoms with Crippen molar-refractivity contribution in [2.45, 2.75) is 6.42 Å². The van der Waals surface area contributed by atoms with Crippen LogP contribution >= 0.6 is 0 Å². The SMILES string of the molecule is COc1ccc(C(=O)Nc2ccccc2)cc1N=Nc1c(O)c(CC(N)=O)cc2ccccc12. The monoisotopic (exact) mass is 454 g/mol. The lowest BCUT2D eigenvalue weighted by molar-refractivity contribution is -0.117. The third-order valence-corrected chi connectivity index (χ3v) is 5.17. The van der Waals surface area contributed by atoms with Crippen LogP contribution in [0.15, 0.2) is 89.1 Å². The molecule has 0 aliphatic heterocycles. The molecule has 0 radical (unpaired) electrons. The Labute approximate surface area is 195 Å². The van der Waals surface area contributed by atoms with Gasteiger partial charge in [0.15, 0.2) is 0 Å². The van der Waals surface area contributed by atoms with Gasteiger partial charge in [0, 0.05) is 22.2 Å². The van der Waals surface area contributed by atoms with E-state index in [9.17, 15) is 14.7 Å². The van der Waals surface area contributed by atoms with E-state index < -0.39 is 5.91 Å². The fraction of sp³-hybridized carbons (Fsp3) is 0.0769. The maximum atomic E-state index is 12.7. The second-order valence-corrected chi connectivity index (χ2v) is 7.50. The van der Waals surface area contributed by atoms with Gasteiger partial charge in [-0.25, -0.2) is 0 Å². The number of anilines is 1. The third kappa shape index (κ3) is 4.86. The molecule has 0 atom stereocenters. The van der Waals surface area contributed by atoms with Crippen LogP contribution < -0.4 is 15.8 Å². The van der Waals surface area contributed by atoms with Gasteiger partial charge in [0.1, 0.15) is 22.9 Å². The highest BCUT2D eigenvalue weighted by atomic mass is 16.5. The van der Waals surface area contributed by atoms with Crippen LogP contribution in [0.4, 0.5) is 17.1 Å². The molecule has 2 amide bonds. The highest BCUT2D eigenvalue weighted by Crippen LogP contribution is 2.40. The summed E-state index contributed by atoms with van der Waals surface area (Å²) in [5.74, 6) is -0.676. The number of nitrogens with zero attached hydrogens (tertiary/aromatic N) is 2. The van der Waals surface area contributed by atoms with Crippen LogP contribution in [0.2, 0.25) is 0 Å². The second-order valence-electron chi connectivity index (χ2n) is 7.50. The van der Waals surface area contributed by atoms with Gasteiger partial charge in [0.05, 0.1) is 13.5 Å². The molecule has 34 heavy (non-hydrogen) atoms. The molecular weight excluding hydrogens is 432 g/mol. The summed E-state index contributed by atoms with van der Waals surface area (Å²) in [4.78, 5) is 24.2. The molecule has 0 spiro atoms. The first-order chi connectivity index (χ1) is 16.5. The van der Waals surface area contributed by atoms with Crippen molar-refractivity contribution in [3.05, 3.63) is 90.0 Å². The minimum absolute atomic E-state index is 0.141. The number of nitrogens with two attached hydrogens (primary N) is 1. The molecule has 0 aliphatic rings. The maximum Gasteiger partial charge on any atom is 0.255 e. The molecule has 0 aromatic heterocycles. The van der Waals surface area contributed by atoms with E-state index in [0.717, 1.165) is 5.39 Å². The van der Waals surface area contributed by atoms with Gasteiger partial charge in [0.2, 0.25) is 5.91 Å². The quantitative estimate of drug-likeness (QED) is 0.330. The van der Waals surface area contributed by atoms with Crippen LogP contribution in [-0.4, -0.2) is 24.0 Å². The fourth-order valence-electron chi connectivity index (χ4n) is 3.54. The number of ether oxygens (including phenoxy) is 1. The Balaban J connectivity index is 1.73. The highest BCUT2D eigenvalue weighted by Gasteiger charge is 2.15. The summed E-state index contributed by atoms with van der Waals surface area (Å²) in [6.45, 7) is 0. The number of hydrogen-bond acceptors (Lipinski definition) is 6. The first-order valence-electron chi connectivity index (χ1n) is 10.4. The summed E-state index contributed by atoms with van der Waals surface area (Å²) in [6.07, 6.45) is -0.141. The Bertz CT molecular complexity index is 1400. The fourth-order valence-corrected chi connectivity index (χ4v) is 3.54. The first kappa shape index (κ1) is 22.5. The first-order valence-corrected chi connectivity index (χ1v) is 10.4. The number of rotatable bonds is 7. The molecule has 0 unspecified atom stereocenters. The maximum absolute atomic E-state index is 12.7. The largest absolute Gasteiger partial charge is 0.505 e. The van der Waals surface area contributed by atoms with Crippen LogP contribution in [0.1, 0.15) is 15.9 Å². The topological polar surface area (TPSA) is 126 Å². The Morgan fingerprint density at radius 3 is 2.44 bits per heavy atom. The van der Waals surface area contributed by atoms with Crippen LogP contribution in [-0.2, 0) is 11.2 Å². The number of fused-ring (bicyclic) bond motifs is 1. The number of benzene rings is 4. The van der Waals surface area contributed by atoms with E-state index >= 15 is 0 Å². The molecule has 0 bridgehead atoms. The van der Waals surface area contributed by atoms with Gasteiger partial charge in [-0.15, -0.1) is 10.2 Å². The number of hydrogen-bond donors (Lipinski definition) is 3. The summed E-state index contributed by atoms with van der Waals surface area (Å²) in [5.41, 5.74) is 7.19. The van der Waals surface area contributed by atoms with Crippen molar-refractivity contribution >= 4 is 39.6 Å². The van der Waals surface area contributed by atoms with Gasteiger partial charge in [-0.1, -0.05) is 42.5 Å². The van der Waals surface area contributed by atoms with Crippen molar-refractivity contribution in [2.24, 2.45) is 16.0 Å². The number of phenols is 1. The van der Waals surface area contributed by atoms with Gasteiger partial charge in [-0.2, -0.15) is 0 Å². The van der Waals surface area contributed by atoms with Crippen molar-refractivity contribution in [1.29, 1.82) is 0 Å². The molecule has 4 aromatic rings. The summed E-state index contributed by atoms with van der Waals surface area (Å²) in [5, 5.41) is 23.6. The number of carbonyl (C=O) groups is 2. The van der Waals surface area contributed by atoms with E-state index in [1.807, 2.05) is 36.4 Å². The molecule has 0 fully saturated rings. The minimum Gasteiger partial charge on any atom is -0.505 e. The Morgan fingerprint density at radius 1 is 0.971 bits per heavy atom. The molecule has 4 N–H and O–H groups in total. The zero-order valence-electron chi connectivity index (χ0n) is 18.4. The van der Waals surface area contributed by atoms with Gasteiger partial charge in [-0.3, -0.25) is 9.59 Å². The van der Waals surface area contributed by atoms with E-state index in [1.165, 1.54) is 7.11 Å². The number of carbonyl (C=O) groups excluding carboxylic acids is 2. The second kappa shape index (κ2) is 9.83. The lowest BCUT2D eigenvalue weighted by Gasteiger charge is -2.10. The summed E-state index contributed by atoms with van der Waals surface area (Å²) in [7, 11) is 1.48. The van der Waals surface area contributed by atoms with Crippen molar-refractivity contribution in [3.63, 3.8) is 0 Å². The summed E-state index contributed by atoms with van der Waals surface area (Å²) in [6, 6.07) is 22.9. The molecule has 4 rings (SSSR count). The van der Waals surface area contributed by atoms with Gasteiger partial charge in [-0.05, 0) is 41.8 Å². The molecule has 0 saturated heterocycles. The average Bonchev–Trinajstić information content (AvgIpc) is 2.84. The van der Waals surface area contributed by atoms with E-state index in [4.69, 9.17) is 10.5 Å². The zero-order chi connectivity index (χ0) is 24.1. The van der Waals surface area contributed by atoms with E-state index in [2.05, 4.69) is 15.5 Å². The van der Waals surface area contributed by atoms with Crippen LogP contribution in [0.5, 0.6) is 11.5 Å². The van der Waals surface area contributed by atoms with Crippen LogP contribution in [0.25, 0.3) is 10.8 Å². The minimum atomic E-state index is -0.577. The van der Waals surface area contributed by atoms with Crippen molar-refractivity contribution < 1.29 is 19.4 Å². The number of phenolic OH excluding ortho intramolecular Hbond substituents is 1. The van der Waals surface area contributed by atoms with Gasteiger partial charge in [0.25, 0.3) is 5.91 Å². The number of para-hydroxylation sites is 1. The van der Waals surface area contributed by atoms with E-state index in [-0.39, 0.29) is 23.8 Å². The predicted octanol–water partition coefficient (Wildman–Crippen LogP) is 5.25. The van der Waals surface area contributed by atoms with Crippen LogP contribution in [0.3, 0.4) is 0 Å². The van der Waals surface area contributed by atoms with Crippen molar-refractivity contribution in [2.75, 3.05) is 12.4 Å². The van der Waals surface area contributed by atoms with Crippen molar-refractivity contribution in [1.82, 2.24) is 0 Å². The molecule has 0 saturated carbocycles. The molecule has 0 heterocycles. The number of nitrogens with one attached hydrogen (secondary N) is 1. The zero-order valence-corrected chi connectivity index (χ0v) is 18.4. The van der Waals surface area contributed by atoms with Crippen molar-refractivity contribution in [3.8, 4) is 11.5 Å². The van der Waals surface area contributed by atoms with Gasteiger partial charge < -0.3 is 20.9 Å². The molecular formula is C26H22N4O4. The number of aromatic hydroxyl groups is 1. The Hall–Kier alpha value is -4.72. The standard InChI is InChI=1S/C26H22N4O4/c1-34-22-12-11-17(26(33)28-19-8-3-2-4-9-19)14-21(22)29-30-24-20-10-6-5-7-16(20)13-18(25(24)32)15-23(27)31/h2-14,32H,15H2,1H3,(H2,27,31)(H,28,33). The Morgan fingerprint density at radius 2 is 1.71 bits per heavy atom. The summed E-state index contributed by atoms with van der Waals surface area (Å²) < 4.78 is 5.37. The number of methoxy groups -OCH3 is 1. The third-order valence-electron chi connectivity index (χ3n) is 5.17. The molecule has 4 aromatic carbocycles. The summed E-state index contributed by atoms with van der Waals surface area (Å²) >= 11 is 0. The molecule has 0 aliphatic carbocycles. The lowest BCUT2D eigenvalue weighted by Crippen LogP contribution is -2.13. The highest BCUT2D eigenvalue weighted by molar-refractivity contribution is 6.05. The van der Waals surface area contributed by atoms with Crippen LogP contribution in [0, 0.1) is 0 Å². The number of primary amides is 1. The number of amides is 2. The molecule has 170 valence electrons. The predicted molar refractivity (Wildman–Crippen MR) is 130 cm³/mol. The number of azo groups is 1. The van der Waals surface area contributed by atoms with E-state index in [0.29, 0.717) is 33.6 Å². The lowest BCUT2D eigenvalue weighted by atomic mass is 10.0. The molecule has 8 heteroatoms. The smallest absolute Gasteiger partial charge is 0.255 e. The molecule has 8 nitrogen and oxygen atoms in total. The average molecular weight is 454 g/mol.